The molecule has 9 atom stereocenters. The van der Waals surface area contributed by atoms with Gasteiger partial charge in [-0.05, 0) is 59.6 Å². The van der Waals surface area contributed by atoms with E-state index < -0.39 is 61.7 Å². The first-order valence-corrected chi connectivity index (χ1v) is 22.3. The predicted molar refractivity (Wildman–Crippen MR) is 195 cm³/mol. The molecular formula is C35H51AlO14Si2. The van der Waals surface area contributed by atoms with Gasteiger partial charge in [0.25, 0.3) is 0 Å². The topological polar surface area (TPSA) is 185 Å². The molecule has 2 saturated heterocycles. The lowest BCUT2D eigenvalue weighted by atomic mass is 9.70. The van der Waals surface area contributed by atoms with Gasteiger partial charge in [0, 0.05) is 31.9 Å². The maximum atomic E-state index is 13.2. The van der Waals surface area contributed by atoms with E-state index in [2.05, 4.69) is 62.3 Å². The molecule has 0 radical (unpaired) electrons. The largest absolute Gasteiger partial charge is 0.988 e. The van der Waals surface area contributed by atoms with Gasteiger partial charge in [-0.25, -0.2) is 0 Å². The average molecular weight is 779 g/mol. The summed E-state index contributed by atoms with van der Waals surface area (Å²) in [6, 6.07) is 6.16. The van der Waals surface area contributed by atoms with E-state index in [0.717, 1.165) is 6.07 Å². The summed E-state index contributed by atoms with van der Waals surface area (Å²) in [5, 5.41) is 41.2. The summed E-state index contributed by atoms with van der Waals surface area (Å²) in [6.07, 6.45) is -0.705. The van der Waals surface area contributed by atoms with E-state index in [9.17, 15) is 25.2 Å². The third-order valence-electron chi connectivity index (χ3n) is 10.9. The molecule has 0 saturated carbocycles. The molecule has 2 aliphatic heterocycles. The van der Waals surface area contributed by atoms with E-state index in [1.165, 1.54) is 38.5 Å². The van der Waals surface area contributed by atoms with Gasteiger partial charge in [-0.1, -0.05) is 62.3 Å². The zero-order valence-corrected chi connectivity index (χ0v) is 34.7. The van der Waals surface area contributed by atoms with Gasteiger partial charge in [-0.3, -0.25) is 4.79 Å². The molecule has 4 N–H and O–H groups in total. The maximum Gasteiger partial charge on any atom is 0.988 e. The van der Waals surface area contributed by atoms with Crippen LogP contribution in [0.15, 0.2) is 39.5 Å². The van der Waals surface area contributed by atoms with Gasteiger partial charge in [0.05, 0.1) is 18.0 Å². The smallest absolute Gasteiger partial charge is 0.599 e. The van der Waals surface area contributed by atoms with Crippen LogP contribution >= 0.6 is 0 Å². The van der Waals surface area contributed by atoms with Crippen molar-refractivity contribution in [2.45, 2.75) is 74.5 Å². The highest BCUT2D eigenvalue weighted by molar-refractivity contribution is 6.78. The summed E-state index contributed by atoms with van der Waals surface area (Å²) in [6.45, 7) is 19.4. The second-order valence-corrected chi connectivity index (χ2v) is 21.5. The van der Waals surface area contributed by atoms with Gasteiger partial charge in [-0.2, -0.15) is 0 Å². The van der Waals surface area contributed by atoms with E-state index in [4.69, 9.17) is 37.0 Å². The number of rotatable bonds is 8. The summed E-state index contributed by atoms with van der Waals surface area (Å²) in [7, 11) is -5.43. The highest BCUT2D eigenvalue weighted by atomic mass is 28.5. The molecule has 9 unspecified atom stereocenters. The van der Waals surface area contributed by atoms with E-state index in [-0.39, 0.29) is 81.7 Å². The van der Waals surface area contributed by atoms with Crippen LogP contribution in [0.3, 0.4) is 0 Å². The molecule has 5 rings (SSSR count). The summed E-state index contributed by atoms with van der Waals surface area (Å²) in [5.41, 5.74) is -0.982. The van der Waals surface area contributed by atoms with Crippen LogP contribution < -0.4 is 9.22 Å². The number of aromatic hydroxyl groups is 4. The van der Waals surface area contributed by atoms with Crippen molar-refractivity contribution in [2.24, 2.45) is 41.4 Å². The van der Waals surface area contributed by atoms with Gasteiger partial charge < -0.3 is 57.4 Å². The minimum atomic E-state index is -4.16. The molecule has 0 amide bonds. The zero-order valence-electron chi connectivity index (χ0n) is 31.5. The highest BCUT2D eigenvalue weighted by Gasteiger charge is 2.72. The Morgan fingerprint density at radius 3 is 1.87 bits per heavy atom. The number of phenols is 3. The maximum absolute atomic E-state index is 13.2. The molecule has 3 aromatic rings. The number of fused-ring (bicyclic) bond motifs is 3. The molecule has 0 spiro atoms. The molecule has 286 valence electrons. The summed E-state index contributed by atoms with van der Waals surface area (Å²) in [4.78, 5) is 13.2. The van der Waals surface area contributed by atoms with Crippen molar-refractivity contribution in [1.82, 2.24) is 0 Å². The molecule has 2 aromatic carbocycles. The Balaban J connectivity index is 1.62. The fourth-order valence-electron chi connectivity index (χ4n) is 7.01. The predicted octanol–water partition coefficient (Wildman–Crippen LogP) is 6.15. The van der Waals surface area contributed by atoms with Gasteiger partial charge in [0.2, 0.25) is 11.2 Å². The summed E-state index contributed by atoms with van der Waals surface area (Å²) in [5.74, 6) is -1.66. The molecule has 2 bridgehead atoms. The van der Waals surface area contributed by atoms with Crippen LogP contribution in [0.25, 0.3) is 22.3 Å². The molecule has 1 aromatic heterocycles. The van der Waals surface area contributed by atoms with Gasteiger partial charge in [0.15, 0.2) is 17.3 Å². The lowest BCUT2D eigenvalue weighted by molar-refractivity contribution is -0.0991. The van der Waals surface area contributed by atoms with Crippen LogP contribution in [0.2, 0.25) is 0 Å². The van der Waals surface area contributed by atoms with Crippen LogP contribution in [0.1, 0.15) is 62.3 Å². The first-order chi connectivity index (χ1) is 24.4. The van der Waals surface area contributed by atoms with Gasteiger partial charge in [-0.15, -0.1) is 0 Å². The average Bonchev–Trinajstić information content (AvgIpc) is 3.10. The highest BCUT2D eigenvalue weighted by Crippen LogP contribution is 2.43. The first-order valence-electron chi connectivity index (χ1n) is 17.6. The zero-order chi connectivity index (χ0) is 38.4. The minimum Gasteiger partial charge on any atom is -0.599 e. The van der Waals surface area contributed by atoms with Gasteiger partial charge >= 0.3 is 33.2 Å². The lowest BCUT2D eigenvalue weighted by Gasteiger charge is -2.45. The Labute approximate surface area is 311 Å². The van der Waals surface area contributed by atoms with Crippen molar-refractivity contribution in [3.05, 3.63) is 40.6 Å². The third kappa shape index (κ3) is 7.77. The van der Waals surface area contributed by atoms with Crippen molar-refractivity contribution in [3.8, 4) is 40.1 Å². The summed E-state index contributed by atoms with van der Waals surface area (Å²) < 4.78 is 57.6. The Morgan fingerprint density at radius 1 is 0.750 bits per heavy atom. The number of benzene rings is 2. The Bertz CT molecular complexity index is 1810. The van der Waals surface area contributed by atoms with Crippen molar-refractivity contribution < 1.29 is 57.4 Å². The molecule has 2 fully saturated rings. The van der Waals surface area contributed by atoms with Crippen molar-refractivity contribution >= 4 is 44.2 Å². The van der Waals surface area contributed by atoms with E-state index in [0.29, 0.717) is 0 Å². The van der Waals surface area contributed by atoms with Crippen molar-refractivity contribution in [1.29, 1.82) is 0 Å². The van der Waals surface area contributed by atoms with E-state index in [1.807, 2.05) is 0 Å². The number of hydrogen-bond donors (Lipinski definition) is 4. The molecule has 17 heteroatoms. The quantitative estimate of drug-likeness (QED) is 0.151. The van der Waals surface area contributed by atoms with Crippen LogP contribution in [0, 0.1) is 41.4 Å². The van der Waals surface area contributed by atoms with Crippen molar-refractivity contribution in [2.75, 3.05) is 14.2 Å². The second-order valence-electron chi connectivity index (χ2n) is 14.7. The lowest BCUT2D eigenvalue weighted by Crippen LogP contribution is -2.72. The van der Waals surface area contributed by atoms with Crippen LogP contribution in [-0.4, -0.2) is 80.1 Å². The van der Waals surface area contributed by atoms with Crippen LogP contribution in [0.4, 0.5) is 0 Å². The minimum absolute atomic E-state index is 0.00396. The molecule has 2 aliphatic rings. The Hall–Kier alpha value is -2.66. The monoisotopic (exact) mass is 778 g/mol. The normalized spacial score (nSPS) is 30.8. The van der Waals surface area contributed by atoms with Gasteiger partial charge in [0.1, 0.15) is 16.7 Å². The van der Waals surface area contributed by atoms with Crippen LogP contribution in [-0.2, 0) is 28.8 Å². The molecule has 3 heterocycles. The Morgan fingerprint density at radius 2 is 1.33 bits per heavy atom. The summed E-state index contributed by atoms with van der Waals surface area (Å²) >= 11 is -3.47. The molecule has 0 aliphatic carbocycles. The number of phenolic OH excluding ortho intramolecular Hbond substituents is 3. The third-order valence-corrected chi connectivity index (χ3v) is 19.4. The number of hydrogen-bond acceptors (Lipinski definition) is 14. The SMILES string of the molecule is CO[Si]12OC(C(C)C)C(C)C(C)C(C)C(C)C(C(C)C(C)C)O[Si](OC)([O][Al]([O]c3cc(O)c4c(=O)c(O)c(-c5ccc(O)c(O)c5)oc4c3)[O]1)O2. The van der Waals surface area contributed by atoms with Crippen LogP contribution in [0.5, 0.6) is 28.7 Å². The van der Waals surface area contributed by atoms with E-state index in [1.54, 1.807) is 0 Å². The fourth-order valence-corrected chi connectivity index (χ4v) is 16.8. The molecule has 52 heavy (non-hydrogen) atoms. The first kappa shape index (κ1) is 40.5. The standard InChI is InChI=1S/C20H42O7Si2.C15H10O7.Al/c1-12(2)14(5)20-18(9)16(7)15(6)17(8)19(13(3)4)25-28(21,23-10)27-29(22,24-11)26-20;16-7-4-10(19)12-11(5-7)22-15(14(21)13(12)20)6-1-2-8(17)9(18)3-6;/h12-20H,1-11H3;1-5,16-19,21H;/q-2;;+3/p-1. The van der Waals surface area contributed by atoms with E-state index >= 15 is 0 Å². The fraction of sp³-hybridized carbons (Fsp3) is 0.571. The van der Waals surface area contributed by atoms with Crippen molar-refractivity contribution in [3.63, 3.8) is 0 Å². The molecular weight excluding hydrogens is 728 g/mol. The second kappa shape index (κ2) is 15.6. The Kier molecular flexibility index (Phi) is 12.2. The molecule has 14 nitrogen and oxygen atoms in total.